The van der Waals surface area contributed by atoms with E-state index in [4.69, 9.17) is 9.15 Å². The maximum absolute atomic E-state index is 13.1. The van der Waals surface area contributed by atoms with Crippen LogP contribution in [0.25, 0.3) is 11.0 Å². The van der Waals surface area contributed by atoms with Gasteiger partial charge in [-0.25, -0.2) is 9.59 Å². The molecule has 0 radical (unpaired) electrons. The fraction of sp³-hybridized carbons (Fsp3) is 0.647. The molecule has 0 saturated carbocycles. The lowest BCUT2D eigenvalue weighted by molar-refractivity contribution is 0.0104. The second-order valence-corrected chi connectivity index (χ2v) is 11.2. The SMILES string of the molecule is CCCCCCCCCCCCC/C=C/[C@H](OC(=O)c1cc2ccc(N(CC)CC)cc2oc1=O)[C@@H](CO)N(C)C. The van der Waals surface area contributed by atoms with E-state index < -0.39 is 23.7 Å². The van der Waals surface area contributed by atoms with Crippen molar-refractivity contribution in [3.63, 3.8) is 0 Å². The Labute approximate surface area is 247 Å². The molecule has 0 bridgehead atoms. The molecule has 0 aliphatic rings. The molecule has 1 aromatic heterocycles. The van der Waals surface area contributed by atoms with Gasteiger partial charge in [0.15, 0.2) is 0 Å². The molecule has 0 spiro atoms. The Bertz CT molecular complexity index is 1110. The molecular weight excluding hydrogens is 516 g/mol. The molecule has 2 rings (SSSR count). The summed E-state index contributed by atoms with van der Waals surface area (Å²) in [5.41, 5.74) is 0.516. The fourth-order valence-electron chi connectivity index (χ4n) is 5.18. The fourth-order valence-corrected chi connectivity index (χ4v) is 5.18. The van der Waals surface area contributed by atoms with Gasteiger partial charge in [0.05, 0.1) is 12.6 Å². The maximum atomic E-state index is 13.1. The first-order valence-electron chi connectivity index (χ1n) is 15.8. The highest BCUT2D eigenvalue weighted by atomic mass is 16.5. The molecule has 7 heteroatoms. The molecule has 230 valence electrons. The van der Waals surface area contributed by atoms with Gasteiger partial charge in [0.2, 0.25) is 0 Å². The summed E-state index contributed by atoms with van der Waals surface area (Å²) in [6, 6.07) is 6.73. The number of hydrogen-bond acceptors (Lipinski definition) is 7. The van der Waals surface area contributed by atoms with Crippen LogP contribution in [0.3, 0.4) is 0 Å². The van der Waals surface area contributed by atoms with Crippen molar-refractivity contribution in [1.29, 1.82) is 0 Å². The maximum Gasteiger partial charge on any atom is 0.351 e. The van der Waals surface area contributed by atoms with Gasteiger partial charge in [-0.1, -0.05) is 77.2 Å². The number of aliphatic hydroxyl groups is 1. The summed E-state index contributed by atoms with van der Waals surface area (Å²) < 4.78 is 11.3. The van der Waals surface area contributed by atoms with Gasteiger partial charge in [-0.15, -0.1) is 0 Å². The Morgan fingerprint density at radius 2 is 1.54 bits per heavy atom. The Balaban J connectivity index is 1.96. The van der Waals surface area contributed by atoms with Crippen LogP contribution in [0.4, 0.5) is 5.69 Å². The van der Waals surface area contributed by atoms with Crippen LogP contribution in [-0.4, -0.2) is 61.9 Å². The molecule has 0 aliphatic heterocycles. The molecule has 0 unspecified atom stereocenters. The zero-order valence-electron chi connectivity index (χ0n) is 26.2. The van der Waals surface area contributed by atoms with Crippen molar-refractivity contribution in [2.45, 2.75) is 110 Å². The second kappa shape index (κ2) is 19.5. The average molecular weight is 571 g/mol. The van der Waals surface area contributed by atoms with Crippen molar-refractivity contribution in [1.82, 2.24) is 4.90 Å². The number of likely N-dealkylation sites (N-methyl/N-ethyl adjacent to an activating group) is 1. The van der Waals surface area contributed by atoms with Gasteiger partial charge in [-0.2, -0.15) is 0 Å². The number of ether oxygens (including phenoxy) is 1. The lowest BCUT2D eigenvalue weighted by Crippen LogP contribution is -2.43. The van der Waals surface area contributed by atoms with Gasteiger partial charge in [0.25, 0.3) is 0 Å². The lowest BCUT2D eigenvalue weighted by Gasteiger charge is -2.28. The van der Waals surface area contributed by atoms with Crippen LogP contribution < -0.4 is 10.5 Å². The zero-order valence-corrected chi connectivity index (χ0v) is 26.2. The Kier molecular flexibility index (Phi) is 16.4. The number of benzene rings is 1. The van der Waals surface area contributed by atoms with E-state index >= 15 is 0 Å². The number of allylic oxidation sites excluding steroid dienone is 1. The summed E-state index contributed by atoms with van der Waals surface area (Å²) >= 11 is 0. The Morgan fingerprint density at radius 1 is 0.927 bits per heavy atom. The number of esters is 1. The Hall–Kier alpha value is -2.64. The number of aliphatic hydroxyl groups excluding tert-OH is 1. The second-order valence-electron chi connectivity index (χ2n) is 11.2. The summed E-state index contributed by atoms with van der Waals surface area (Å²) in [6.07, 6.45) is 18.3. The summed E-state index contributed by atoms with van der Waals surface area (Å²) in [5.74, 6) is -0.752. The number of nitrogens with zero attached hydrogens (tertiary/aromatic N) is 2. The van der Waals surface area contributed by atoms with Crippen molar-refractivity contribution in [2.24, 2.45) is 0 Å². The van der Waals surface area contributed by atoms with Crippen molar-refractivity contribution >= 4 is 22.6 Å². The van der Waals surface area contributed by atoms with E-state index in [1.165, 1.54) is 70.3 Å². The number of anilines is 1. The van der Waals surface area contributed by atoms with Gasteiger partial charge in [-0.05, 0) is 65.1 Å². The van der Waals surface area contributed by atoms with E-state index in [2.05, 4.69) is 25.7 Å². The van der Waals surface area contributed by atoms with E-state index in [0.717, 1.165) is 31.6 Å². The minimum Gasteiger partial charge on any atom is -0.453 e. The highest BCUT2D eigenvalue weighted by Gasteiger charge is 2.26. The van der Waals surface area contributed by atoms with Gasteiger partial charge in [0.1, 0.15) is 17.3 Å². The smallest absolute Gasteiger partial charge is 0.351 e. The first kappa shape index (κ1) is 34.6. The highest BCUT2D eigenvalue weighted by Crippen LogP contribution is 2.23. The number of carbonyl (C=O) groups excluding carboxylic acids is 1. The number of unbranched alkanes of at least 4 members (excludes halogenated alkanes) is 11. The lowest BCUT2D eigenvalue weighted by atomic mass is 10.0. The van der Waals surface area contributed by atoms with Crippen molar-refractivity contribution in [3.8, 4) is 0 Å². The molecule has 0 saturated heterocycles. The van der Waals surface area contributed by atoms with E-state index in [0.29, 0.717) is 11.0 Å². The van der Waals surface area contributed by atoms with E-state index in [1.807, 2.05) is 49.3 Å². The summed E-state index contributed by atoms with van der Waals surface area (Å²) in [7, 11) is 3.66. The number of fused-ring (bicyclic) bond motifs is 1. The van der Waals surface area contributed by atoms with E-state index in [1.54, 1.807) is 0 Å². The first-order chi connectivity index (χ1) is 19.9. The average Bonchev–Trinajstić information content (AvgIpc) is 2.95. The van der Waals surface area contributed by atoms with Crippen molar-refractivity contribution in [3.05, 3.63) is 52.4 Å². The topological polar surface area (TPSA) is 83.2 Å². The largest absolute Gasteiger partial charge is 0.453 e. The van der Waals surface area contributed by atoms with E-state index in [-0.39, 0.29) is 12.2 Å². The van der Waals surface area contributed by atoms with Gasteiger partial charge >= 0.3 is 11.6 Å². The molecule has 1 aromatic carbocycles. The van der Waals surface area contributed by atoms with Gasteiger partial charge < -0.3 is 24.1 Å². The summed E-state index contributed by atoms with van der Waals surface area (Å²) in [5, 5.41) is 10.7. The molecule has 0 aliphatic carbocycles. The number of carbonyl (C=O) groups is 1. The quantitative estimate of drug-likeness (QED) is 0.0727. The third-order valence-electron chi connectivity index (χ3n) is 7.84. The van der Waals surface area contributed by atoms with Crippen LogP contribution in [-0.2, 0) is 4.74 Å². The third-order valence-corrected chi connectivity index (χ3v) is 7.84. The molecule has 7 nitrogen and oxygen atoms in total. The molecule has 0 fully saturated rings. The van der Waals surface area contributed by atoms with Crippen LogP contribution in [0.1, 0.15) is 108 Å². The first-order valence-corrected chi connectivity index (χ1v) is 15.8. The molecule has 41 heavy (non-hydrogen) atoms. The molecule has 2 atom stereocenters. The van der Waals surface area contributed by atoms with E-state index in [9.17, 15) is 14.7 Å². The van der Waals surface area contributed by atoms with Crippen LogP contribution in [0.5, 0.6) is 0 Å². The number of rotatable bonds is 21. The minimum atomic E-state index is -0.752. The van der Waals surface area contributed by atoms with Crippen LogP contribution >= 0.6 is 0 Å². The predicted molar refractivity (Wildman–Crippen MR) is 170 cm³/mol. The standard InChI is InChI=1S/C34H54N2O5/c1-6-9-10-11-12-13-14-15-16-17-18-19-20-21-31(30(26-37)35(4)5)40-33(38)29-24-27-22-23-28(36(7-2)8-3)25-32(27)41-34(29)39/h20-25,30-31,37H,6-19,26H2,1-5H3/b21-20+/t30-,31+/m1/s1. The molecule has 1 heterocycles. The molecular formula is C34H54N2O5. The molecule has 1 N–H and O–H groups in total. The van der Waals surface area contributed by atoms with Gasteiger partial charge in [0, 0.05) is 30.2 Å². The Morgan fingerprint density at radius 3 is 2.10 bits per heavy atom. The normalized spacial score (nSPS) is 13.2. The summed E-state index contributed by atoms with van der Waals surface area (Å²) in [6.45, 7) is 7.88. The van der Waals surface area contributed by atoms with Crippen molar-refractivity contribution < 1.29 is 19.1 Å². The zero-order chi connectivity index (χ0) is 30.0. The van der Waals surface area contributed by atoms with Gasteiger partial charge in [-0.3, -0.25) is 0 Å². The molecule has 0 amide bonds. The summed E-state index contributed by atoms with van der Waals surface area (Å²) in [4.78, 5) is 29.9. The van der Waals surface area contributed by atoms with Crippen LogP contribution in [0.2, 0.25) is 0 Å². The predicted octanol–water partition coefficient (Wildman–Crippen LogP) is 7.34. The third kappa shape index (κ3) is 11.6. The number of hydrogen-bond donors (Lipinski definition) is 1. The van der Waals surface area contributed by atoms with Crippen LogP contribution in [0.15, 0.2) is 45.6 Å². The highest BCUT2D eigenvalue weighted by molar-refractivity contribution is 5.93. The van der Waals surface area contributed by atoms with Crippen LogP contribution in [0, 0.1) is 0 Å². The monoisotopic (exact) mass is 570 g/mol. The van der Waals surface area contributed by atoms with Crippen molar-refractivity contribution in [2.75, 3.05) is 38.7 Å². The molecule has 2 aromatic rings. The minimum absolute atomic E-state index is 0.146.